The van der Waals surface area contributed by atoms with Crippen LogP contribution < -0.4 is 4.74 Å². The molecule has 0 spiro atoms. The number of nitro groups is 1. The van der Waals surface area contributed by atoms with Crippen LogP contribution in [0, 0.1) is 10.1 Å². The Hall–Kier alpha value is -2.31. The van der Waals surface area contributed by atoms with Gasteiger partial charge in [-0.1, -0.05) is 23.2 Å². The molecule has 0 aliphatic rings. The normalized spacial score (nSPS) is 10.2. The SMILES string of the molecule is O=C(O)c1ccc([N+](=O)[O-])c(Oc2ccc(Cl)c(Cl)c2)c1. The van der Waals surface area contributed by atoms with E-state index in [1.54, 1.807) is 0 Å². The highest BCUT2D eigenvalue weighted by Crippen LogP contribution is 2.34. The Morgan fingerprint density at radius 3 is 2.43 bits per heavy atom. The fourth-order valence-corrected chi connectivity index (χ4v) is 1.84. The summed E-state index contributed by atoms with van der Waals surface area (Å²) >= 11 is 11.6. The first-order valence-electron chi connectivity index (χ1n) is 5.53. The quantitative estimate of drug-likeness (QED) is 0.664. The second-order valence-corrected chi connectivity index (χ2v) is 4.74. The molecule has 21 heavy (non-hydrogen) atoms. The Kier molecular flexibility index (Phi) is 4.30. The van der Waals surface area contributed by atoms with E-state index in [-0.39, 0.29) is 27.8 Å². The maximum atomic E-state index is 10.9. The summed E-state index contributed by atoms with van der Waals surface area (Å²) < 4.78 is 5.35. The standard InChI is InChI=1S/C13H7Cl2NO5/c14-9-3-2-8(6-10(9)15)21-12-5-7(13(17)18)1-4-11(12)16(19)20/h1-6H,(H,17,18). The van der Waals surface area contributed by atoms with E-state index in [9.17, 15) is 14.9 Å². The third-order valence-corrected chi connectivity index (χ3v) is 3.26. The van der Waals surface area contributed by atoms with Crippen LogP contribution >= 0.6 is 23.2 Å². The molecule has 0 fully saturated rings. The molecule has 108 valence electrons. The largest absolute Gasteiger partial charge is 0.478 e. The molecule has 0 aliphatic carbocycles. The lowest BCUT2D eigenvalue weighted by Gasteiger charge is -2.08. The third kappa shape index (κ3) is 3.42. The van der Waals surface area contributed by atoms with Gasteiger partial charge in [0, 0.05) is 18.2 Å². The lowest BCUT2D eigenvalue weighted by atomic mass is 10.2. The van der Waals surface area contributed by atoms with Gasteiger partial charge in [0.05, 0.1) is 20.5 Å². The van der Waals surface area contributed by atoms with E-state index in [0.29, 0.717) is 5.02 Å². The van der Waals surface area contributed by atoms with E-state index >= 15 is 0 Å². The predicted octanol–water partition coefficient (Wildman–Crippen LogP) is 4.39. The zero-order chi connectivity index (χ0) is 15.6. The molecule has 0 aromatic heterocycles. The molecule has 0 saturated heterocycles. The summed E-state index contributed by atoms with van der Waals surface area (Å²) in [7, 11) is 0. The van der Waals surface area contributed by atoms with Crippen LogP contribution in [0.25, 0.3) is 0 Å². The van der Waals surface area contributed by atoms with Gasteiger partial charge in [0.2, 0.25) is 5.75 Å². The molecule has 0 heterocycles. The molecular weight excluding hydrogens is 321 g/mol. The van der Waals surface area contributed by atoms with Crippen molar-refractivity contribution in [2.45, 2.75) is 0 Å². The van der Waals surface area contributed by atoms with Crippen molar-refractivity contribution in [3.63, 3.8) is 0 Å². The molecular formula is C13H7Cl2NO5. The average molecular weight is 328 g/mol. The van der Waals surface area contributed by atoms with E-state index < -0.39 is 10.9 Å². The minimum atomic E-state index is -1.22. The van der Waals surface area contributed by atoms with Crippen molar-refractivity contribution in [2.24, 2.45) is 0 Å². The van der Waals surface area contributed by atoms with Crippen LogP contribution in [-0.4, -0.2) is 16.0 Å². The topological polar surface area (TPSA) is 89.7 Å². The van der Waals surface area contributed by atoms with Gasteiger partial charge < -0.3 is 9.84 Å². The van der Waals surface area contributed by atoms with Gasteiger partial charge in [0.1, 0.15) is 5.75 Å². The fraction of sp³-hybridized carbons (Fsp3) is 0. The molecule has 6 nitrogen and oxygen atoms in total. The molecule has 2 rings (SSSR count). The predicted molar refractivity (Wildman–Crippen MR) is 76.6 cm³/mol. The van der Waals surface area contributed by atoms with Crippen molar-refractivity contribution in [2.75, 3.05) is 0 Å². The molecule has 0 bridgehead atoms. The van der Waals surface area contributed by atoms with Crippen LogP contribution in [0.15, 0.2) is 36.4 Å². The number of carboxylic acids is 1. The Bertz CT molecular complexity index is 732. The summed E-state index contributed by atoms with van der Waals surface area (Å²) in [5.74, 6) is -1.21. The first kappa shape index (κ1) is 15.1. The molecule has 0 unspecified atom stereocenters. The number of benzene rings is 2. The number of carboxylic acid groups (broad SMARTS) is 1. The van der Waals surface area contributed by atoms with Crippen LogP contribution in [0.2, 0.25) is 10.0 Å². The van der Waals surface area contributed by atoms with E-state index in [2.05, 4.69) is 0 Å². The minimum absolute atomic E-state index is 0.129. The van der Waals surface area contributed by atoms with Crippen molar-refractivity contribution in [3.8, 4) is 11.5 Å². The number of ether oxygens (including phenoxy) is 1. The first-order valence-corrected chi connectivity index (χ1v) is 6.28. The molecule has 2 aromatic carbocycles. The van der Waals surface area contributed by atoms with Crippen LogP contribution in [-0.2, 0) is 0 Å². The first-order chi connectivity index (χ1) is 9.88. The Morgan fingerprint density at radius 2 is 1.86 bits per heavy atom. The molecule has 1 N–H and O–H groups in total. The summed E-state index contributed by atoms with van der Waals surface area (Å²) in [6, 6.07) is 7.57. The smallest absolute Gasteiger partial charge is 0.335 e. The van der Waals surface area contributed by atoms with Crippen molar-refractivity contribution in [1.82, 2.24) is 0 Å². The summed E-state index contributed by atoms with van der Waals surface area (Å²) in [5, 5.41) is 20.4. The van der Waals surface area contributed by atoms with Gasteiger partial charge in [-0.3, -0.25) is 10.1 Å². The van der Waals surface area contributed by atoms with Crippen LogP contribution in [0.3, 0.4) is 0 Å². The zero-order valence-corrected chi connectivity index (χ0v) is 11.8. The van der Waals surface area contributed by atoms with Gasteiger partial charge >= 0.3 is 11.7 Å². The lowest BCUT2D eigenvalue weighted by molar-refractivity contribution is -0.385. The molecule has 2 aromatic rings. The second-order valence-electron chi connectivity index (χ2n) is 3.92. The highest BCUT2D eigenvalue weighted by atomic mass is 35.5. The van der Waals surface area contributed by atoms with E-state index in [4.69, 9.17) is 33.0 Å². The molecule has 8 heteroatoms. The number of nitrogens with zero attached hydrogens (tertiary/aromatic N) is 1. The second kappa shape index (κ2) is 5.99. The van der Waals surface area contributed by atoms with Gasteiger partial charge in [0.15, 0.2) is 0 Å². The Labute approximate surface area is 128 Å². The molecule has 0 amide bonds. The minimum Gasteiger partial charge on any atom is -0.478 e. The van der Waals surface area contributed by atoms with Gasteiger partial charge in [-0.25, -0.2) is 4.79 Å². The summed E-state index contributed by atoms with van der Waals surface area (Å²) in [4.78, 5) is 21.2. The van der Waals surface area contributed by atoms with E-state index in [1.807, 2.05) is 0 Å². The molecule has 0 saturated carbocycles. The number of rotatable bonds is 4. The van der Waals surface area contributed by atoms with E-state index in [0.717, 1.165) is 18.2 Å². The third-order valence-electron chi connectivity index (χ3n) is 2.52. The summed E-state index contributed by atoms with van der Waals surface area (Å²) in [6.45, 7) is 0. The van der Waals surface area contributed by atoms with Crippen LogP contribution in [0.4, 0.5) is 5.69 Å². The summed E-state index contributed by atoms with van der Waals surface area (Å²) in [5.41, 5.74) is -0.485. The fourth-order valence-electron chi connectivity index (χ4n) is 1.55. The maximum Gasteiger partial charge on any atom is 0.335 e. The van der Waals surface area contributed by atoms with Crippen LogP contribution in [0.5, 0.6) is 11.5 Å². The number of carbonyl (C=O) groups is 1. The Morgan fingerprint density at radius 1 is 1.14 bits per heavy atom. The number of hydrogen-bond donors (Lipinski definition) is 1. The molecule has 0 aliphatic heterocycles. The molecule has 0 atom stereocenters. The van der Waals surface area contributed by atoms with Crippen LogP contribution in [0.1, 0.15) is 10.4 Å². The van der Waals surface area contributed by atoms with Gasteiger partial charge in [-0.05, 0) is 18.2 Å². The molecule has 0 radical (unpaired) electrons. The lowest BCUT2D eigenvalue weighted by Crippen LogP contribution is -1.99. The number of aromatic carboxylic acids is 1. The van der Waals surface area contributed by atoms with E-state index in [1.165, 1.54) is 18.2 Å². The Balaban J connectivity index is 2.45. The van der Waals surface area contributed by atoms with Crippen molar-refractivity contribution in [1.29, 1.82) is 0 Å². The van der Waals surface area contributed by atoms with Gasteiger partial charge in [-0.2, -0.15) is 0 Å². The summed E-state index contributed by atoms with van der Waals surface area (Å²) in [6.07, 6.45) is 0. The highest BCUT2D eigenvalue weighted by Gasteiger charge is 2.19. The number of halogens is 2. The zero-order valence-electron chi connectivity index (χ0n) is 10.2. The number of hydrogen-bond acceptors (Lipinski definition) is 4. The average Bonchev–Trinajstić information content (AvgIpc) is 2.42. The maximum absolute atomic E-state index is 10.9. The van der Waals surface area contributed by atoms with Gasteiger partial charge in [-0.15, -0.1) is 0 Å². The van der Waals surface area contributed by atoms with Crippen molar-refractivity contribution in [3.05, 3.63) is 62.1 Å². The highest BCUT2D eigenvalue weighted by molar-refractivity contribution is 6.42. The van der Waals surface area contributed by atoms with Gasteiger partial charge in [0.25, 0.3) is 0 Å². The van der Waals surface area contributed by atoms with Crippen molar-refractivity contribution >= 4 is 34.9 Å². The monoisotopic (exact) mass is 327 g/mol. The number of nitro benzene ring substituents is 1. The van der Waals surface area contributed by atoms with Crippen molar-refractivity contribution < 1.29 is 19.6 Å².